The third-order valence-electron chi connectivity index (χ3n) is 5.52. The summed E-state index contributed by atoms with van der Waals surface area (Å²) in [6.45, 7) is 3.45. The van der Waals surface area contributed by atoms with Gasteiger partial charge in [-0.1, -0.05) is 37.6 Å². The molecule has 10 nitrogen and oxygen atoms in total. The van der Waals surface area contributed by atoms with E-state index in [1.165, 1.54) is 0 Å². The van der Waals surface area contributed by atoms with Crippen LogP contribution in [-0.4, -0.2) is 62.4 Å². The van der Waals surface area contributed by atoms with Gasteiger partial charge in [0.25, 0.3) is 0 Å². The van der Waals surface area contributed by atoms with Gasteiger partial charge in [-0.05, 0) is 24.8 Å². The molecule has 0 radical (unpaired) electrons. The van der Waals surface area contributed by atoms with E-state index < -0.39 is 30.2 Å². The molecule has 12 heteroatoms. The minimum absolute atomic E-state index is 0. The first-order chi connectivity index (χ1) is 17.4. The second-order valence-corrected chi connectivity index (χ2v) is 8.56. The van der Waals surface area contributed by atoms with Crippen molar-refractivity contribution < 1.29 is 150 Å². The fourth-order valence-corrected chi connectivity index (χ4v) is 3.65. The maximum Gasteiger partial charge on any atom is 1.00 e. The first-order valence-corrected chi connectivity index (χ1v) is 12.5. The summed E-state index contributed by atoms with van der Waals surface area (Å²) in [4.78, 5) is 59.5. The van der Waals surface area contributed by atoms with Crippen LogP contribution in [0.1, 0.15) is 57.4 Å². The van der Waals surface area contributed by atoms with Crippen molar-refractivity contribution in [2.45, 2.75) is 58.3 Å². The van der Waals surface area contributed by atoms with Crippen LogP contribution in [0.5, 0.6) is 0 Å². The molecule has 1 atom stereocenters. The van der Waals surface area contributed by atoms with Crippen LogP contribution in [0.3, 0.4) is 0 Å². The zero-order valence-corrected chi connectivity index (χ0v) is 32.7. The fourth-order valence-electron chi connectivity index (χ4n) is 3.65. The Kier molecular flexibility index (Phi) is 23.2. The summed E-state index contributed by atoms with van der Waals surface area (Å²) in [5, 5.41) is 10.3. The number of hydrogen-bond donors (Lipinski definition) is 1. The van der Waals surface area contributed by atoms with E-state index >= 15 is 0 Å². The second-order valence-electron chi connectivity index (χ2n) is 8.56. The van der Waals surface area contributed by atoms with Crippen molar-refractivity contribution in [2.24, 2.45) is 5.92 Å². The number of carbonyl (C=O) groups excluding carboxylic acids is 5. The molecular formula is C26H35N3O7Rb2. The number of carbonyl (C=O) groups is 5. The number of alkyl carbamates (subject to hydrolysis) is 1. The monoisotopic (exact) mass is 671 g/mol. The maximum absolute atomic E-state index is 12.4. The van der Waals surface area contributed by atoms with Gasteiger partial charge in [0.05, 0.1) is 24.3 Å². The average Bonchev–Trinajstić information content (AvgIpc) is 2.85. The van der Waals surface area contributed by atoms with Crippen LogP contribution in [0, 0.1) is 5.92 Å². The number of ether oxygens (including phenoxy) is 2. The third-order valence-corrected chi connectivity index (χ3v) is 5.52. The first-order valence-electron chi connectivity index (χ1n) is 12.5. The minimum atomic E-state index is -0.611. The summed E-state index contributed by atoms with van der Waals surface area (Å²) in [6.07, 6.45) is 3.49. The number of hydrogen-bond acceptors (Lipinski definition) is 7. The zero-order chi connectivity index (χ0) is 26.2. The van der Waals surface area contributed by atoms with Gasteiger partial charge < -0.3 is 35.0 Å². The van der Waals surface area contributed by atoms with Crippen LogP contribution < -0.4 is 122 Å². The summed E-state index contributed by atoms with van der Waals surface area (Å²) in [5.41, 5.74) is 1.13. The summed E-state index contributed by atoms with van der Waals surface area (Å²) in [5.74, 6) is -1.73. The normalized spacial score (nSPS) is 14.3. The Bertz CT molecular complexity index is 897. The number of rotatable bonds is 15. The molecule has 3 amide bonds. The van der Waals surface area contributed by atoms with Gasteiger partial charge in [-0.15, -0.1) is 12.2 Å². The molecular weight excluding hydrogens is 637 g/mol. The Morgan fingerprint density at radius 3 is 2.42 bits per heavy atom. The van der Waals surface area contributed by atoms with Crippen molar-refractivity contribution in [3.05, 3.63) is 40.5 Å². The SMILES string of the molecule is CCCNC(=O)OCCCOCC[N-]C(=O)CC(=O)[N-]c1ccc(CC(=O)C2CCCCC2=O)cc1.[Rb+].[Rb+]. The fraction of sp³-hybridized carbons (Fsp3) is 0.577. The van der Waals surface area contributed by atoms with Gasteiger partial charge in [0, 0.05) is 45.4 Å². The molecule has 2 rings (SSSR count). The summed E-state index contributed by atoms with van der Waals surface area (Å²) in [7, 11) is 0. The molecule has 38 heavy (non-hydrogen) atoms. The van der Waals surface area contributed by atoms with Gasteiger partial charge in [0.15, 0.2) is 0 Å². The molecule has 1 N–H and O–H groups in total. The van der Waals surface area contributed by atoms with Gasteiger partial charge in [-0.3, -0.25) is 9.59 Å². The Morgan fingerprint density at radius 1 is 1.00 bits per heavy atom. The van der Waals surface area contributed by atoms with E-state index in [0.29, 0.717) is 38.1 Å². The predicted octanol–water partition coefficient (Wildman–Crippen LogP) is -2.07. The standard InChI is InChI=1S/C26H37N3O7.2Rb/c1-2-12-28-26(34)36-15-5-14-35-16-13-27-24(32)18-25(33)29-20-10-8-19(9-11-20)17-23(31)21-6-3-4-7-22(21)30;;/h8-11,21H,2-7,12-18H2,1H3,(H3,27,28,29,32,33,34);;/q;2*+1/p-2. The van der Waals surface area contributed by atoms with E-state index in [2.05, 4.69) is 16.0 Å². The Morgan fingerprint density at radius 2 is 1.74 bits per heavy atom. The number of Topliss-reactive ketones (excluding diaryl/α,β-unsaturated/α-hetero) is 2. The van der Waals surface area contributed by atoms with E-state index in [0.717, 1.165) is 24.8 Å². The smallest absolute Gasteiger partial charge is 0.651 e. The van der Waals surface area contributed by atoms with Crippen LogP contribution in [0.4, 0.5) is 10.5 Å². The number of ketones is 2. The van der Waals surface area contributed by atoms with Crippen LogP contribution in [0.25, 0.3) is 10.6 Å². The minimum Gasteiger partial charge on any atom is -0.651 e. The van der Waals surface area contributed by atoms with E-state index in [1.54, 1.807) is 24.3 Å². The van der Waals surface area contributed by atoms with Crippen molar-refractivity contribution >= 4 is 35.2 Å². The van der Waals surface area contributed by atoms with Crippen molar-refractivity contribution in [1.29, 1.82) is 0 Å². The molecule has 0 heterocycles. The van der Waals surface area contributed by atoms with Crippen LogP contribution in [0.2, 0.25) is 0 Å². The number of amides is 3. The molecule has 1 fully saturated rings. The molecule has 0 bridgehead atoms. The summed E-state index contributed by atoms with van der Waals surface area (Å²) < 4.78 is 10.3. The van der Waals surface area contributed by atoms with Crippen molar-refractivity contribution in [2.75, 3.05) is 32.9 Å². The Hall–Kier alpha value is 0.340. The van der Waals surface area contributed by atoms with Gasteiger partial charge in [0.1, 0.15) is 11.6 Å². The molecule has 1 aromatic carbocycles. The zero-order valence-electron chi connectivity index (χ0n) is 22.8. The van der Waals surface area contributed by atoms with Crippen molar-refractivity contribution in [3.8, 4) is 0 Å². The molecule has 1 aliphatic rings. The van der Waals surface area contributed by atoms with Crippen molar-refractivity contribution in [3.63, 3.8) is 0 Å². The largest absolute Gasteiger partial charge is 1.00 e. The number of nitrogens with zero attached hydrogens (tertiary/aromatic N) is 2. The molecule has 1 aliphatic carbocycles. The molecule has 1 unspecified atom stereocenters. The van der Waals surface area contributed by atoms with Crippen LogP contribution in [-0.2, 0) is 35.1 Å². The summed E-state index contributed by atoms with van der Waals surface area (Å²) >= 11 is 0. The number of benzene rings is 1. The quantitative estimate of drug-likeness (QED) is 0.167. The number of nitrogens with one attached hydrogen (secondary N) is 1. The van der Waals surface area contributed by atoms with Crippen molar-refractivity contribution in [1.82, 2.24) is 5.32 Å². The molecule has 1 saturated carbocycles. The average molecular weight is 673 g/mol. The van der Waals surface area contributed by atoms with Crippen LogP contribution in [0.15, 0.2) is 24.3 Å². The molecule has 0 aliphatic heterocycles. The van der Waals surface area contributed by atoms with Gasteiger partial charge in [-0.25, -0.2) is 4.79 Å². The van der Waals surface area contributed by atoms with Gasteiger partial charge in [-0.2, -0.15) is 0 Å². The van der Waals surface area contributed by atoms with Gasteiger partial charge >= 0.3 is 122 Å². The molecule has 1 aromatic rings. The molecule has 198 valence electrons. The molecule has 0 aromatic heterocycles. The topological polar surface area (TPSA) is 144 Å². The van der Waals surface area contributed by atoms with E-state index in [4.69, 9.17) is 9.47 Å². The maximum atomic E-state index is 12.4. The summed E-state index contributed by atoms with van der Waals surface area (Å²) in [6, 6.07) is 6.61. The molecule has 0 saturated heterocycles. The van der Waals surface area contributed by atoms with E-state index in [-0.39, 0.29) is 154 Å². The Labute approximate surface area is 322 Å². The second kappa shape index (κ2) is 23.0. The Balaban J connectivity index is 0.00000684. The molecule has 0 spiro atoms. The van der Waals surface area contributed by atoms with E-state index in [1.807, 2.05) is 6.92 Å². The van der Waals surface area contributed by atoms with Gasteiger partial charge in [0.2, 0.25) is 0 Å². The first kappa shape index (κ1) is 38.3. The van der Waals surface area contributed by atoms with E-state index in [9.17, 15) is 24.0 Å². The predicted molar refractivity (Wildman–Crippen MR) is 133 cm³/mol. The third kappa shape index (κ3) is 16.6. The van der Waals surface area contributed by atoms with Crippen LogP contribution >= 0.6 is 0 Å².